The lowest BCUT2D eigenvalue weighted by molar-refractivity contribution is -0.151. The van der Waals surface area contributed by atoms with Crippen molar-refractivity contribution in [3.05, 3.63) is 93.0 Å². The fourth-order valence-corrected chi connectivity index (χ4v) is 10.6. The summed E-state index contributed by atoms with van der Waals surface area (Å²) < 4.78 is 199. The molecule has 3 amide bonds. The van der Waals surface area contributed by atoms with Crippen LogP contribution >= 0.6 is 11.6 Å². The summed E-state index contributed by atoms with van der Waals surface area (Å²) in [5.41, 5.74) is -6.14. The molecule has 17 nitrogen and oxygen atoms in total. The first kappa shape index (κ1) is 55.4. The fraction of sp³-hybridized carbons (Fsp3) is 0.413. The molecule has 30 heteroatoms. The molecule has 0 radical (unpaired) electrons. The van der Waals surface area contributed by atoms with E-state index in [4.69, 9.17) is 16.7 Å². The minimum atomic E-state index is -5.24. The van der Waals surface area contributed by atoms with E-state index >= 15 is 8.78 Å². The van der Waals surface area contributed by atoms with Gasteiger partial charge >= 0.3 is 24.2 Å². The predicted molar refractivity (Wildman–Crippen MR) is 247 cm³/mol. The van der Waals surface area contributed by atoms with Gasteiger partial charge in [0, 0.05) is 46.9 Å². The Balaban J connectivity index is 1.33. The summed E-state index contributed by atoms with van der Waals surface area (Å²) in [6.45, 7) is -0.908. The monoisotopic (exact) mass is 1140 g/mol. The molecule has 2 fully saturated rings. The third-order valence-corrected chi connectivity index (χ3v) is 16.3. The number of fused-ring (bicyclic) bond motifs is 4. The zero-order valence-corrected chi connectivity index (χ0v) is 41.9. The summed E-state index contributed by atoms with van der Waals surface area (Å²) in [5.74, 6) is -12.1. The second-order valence-electron chi connectivity index (χ2n) is 19.0. The largest absolute Gasteiger partial charge is 0.474 e. The molecule has 406 valence electrons. The Bertz CT molecular complexity index is 3570. The van der Waals surface area contributed by atoms with Gasteiger partial charge in [0.25, 0.3) is 5.92 Å². The lowest BCUT2D eigenvalue weighted by atomic mass is 9.79. The van der Waals surface area contributed by atoms with Gasteiger partial charge in [-0.3, -0.25) is 23.7 Å². The molecular formula is C46H39ClF10N8O9S2. The first-order chi connectivity index (χ1) is 35.0. The number of sulfone groups is 1. The zero-order valence-electron chi connectivity index (χ0n) is 39.5. The molecule has 3 N–H and O–H groups in total. The second kappa shape index (κ2) is 19.0. The van der Waals surface area contributed by atoms with Crippen molar-refractivity contribution in [3.8, 4) is 23.0 Å². The first-order valence-corrected chi connectivity index (χ1v) is 26.5. The molecule has 0 unspecified atom stereocenters. The van der Waals surface area contributed by atoms with E-state index in [0.717, 1.165) is 42.7 Å². The molecule has 0 saturated heterocycles. The number of anilines is 1. The van der Waals surface area contributed by atoms with E-state index in [2.05, 4.69) is 37.7 Å². The van der Waals surface area contributed by atoms with Crippen molar-refractivity contribution in [2.24, 2.45) is 11.8 Å². The van der Waals surface area contributed by atoms with Crippen molar-refractivity contribution in [2.45, 2.75) is 93.6 Å². The van der Waals surface area contributed by atoms with Crippen LogP contribution in [0.25, 0.3) is 22.0 Å². The third kappa shape index (κ3) is 10.8. The number of nitrogens with one attached hydrogen (secondary N) is 2. The summed E-state index contributed by atoms with van der Waals surface area (Å²) in [6.07, 6.45) is -10.7. The van der Waals surface area contributed by atoms with Crippen LogP contribution in [0.3, 0.4) is 0 Å². The Kier molecular flexibility index (Phi) is 13.9. The average molecular weight is 1140 g/mol. The van der Waals surface area contributed by atoms with Gasteiger partial charge in [0.1, 0.15) is 40.9 Å². The van der Waals surface area contributed by atoms with Crippen LogP contribution in [0.15, 0.2) is 42.5 Å². The number of aromatic nitrogens is 5. The predicted octanol–water partition coefficient (Wildman–Crippen LogP) is 6.56. The van der Waals surface area contributed by atoms with Crippen LogP contribution in [0.2, 0.25) is 5.02 Å². The number of aliphatic carboxylic acids is 1. The minimum absolute atomic E-state index is 0.0733. The molecule has 3 heterocycles. The van der Waals surface area contributed by atoms with Crippen LogP contribution in [0.4, 0.5) is 49.7 Å². The number of rotatable bonds is 13. The number of benzene rings is 2. The normalized spacial score (nSPS) is 19.4. The molecule has 0 bridgehead atoms. The molecular weight excluding hydrogens is 1100 g/mol. The Morgan fingerprint density at radius 1 is 0.921 bits per heavy atom. The number of alkyl halides is 8. The third-order valence-electron chi connectivity index (χ3n) is 13.0. The maximum Gasteiger partial charge on any atom is 0.435 e. The summed E-state index contributed by atoms with van der Waals surface area (Å²) in [6, 6.07) is 3.64. The van der Waals surface area contributed by atoms with Gasteiger partial charge in [-0.25, -0.2) is 35.4 Å². The standard InChI is InChI=1S/C46H39ClF10N8O9S2/c1-43(2,75(3,71)72)10-9-24-5-6-26(27-7-8-30(47)34-36(27)64(19-44(50,51)52)62-39(34)65(76(4,73)74)41(68)21-14-25(15-21)59-40(67)42(69)70)35(58-24)31(13-20-11-22(48)16-23(49)12-20)60-32(66)18-63-38-33(37(61-63)46(55,56)57)28-17-29(28)45(38,53)54/h5-8,11-12,16,21,25,28-29,31H,13-15,17-19H2,1-4H3,(H,59,67)(H,60,66)(H,69,70)/t21?,25?,28-,29+,31-/m0/s1. The van der Waals surface area contributed by atoms with Crippen LogP contribution in [0, 0.1) is 35.3 Å². The number of carbonyl (C=O) groups is 4. The number of carboxylic acid groups (broad SMARTS) is 1. The molecule has 3 aliphatic carbocycles. The maximum atomic E-state index is 15.6. The number of halogens is 11. The highest BCUT2D eigenvalue weighted by molar-refractivity contribution is 7.93. The molecule has 2 saturated carbocycles. The van der Waals surface area contributed by atoms with Crippen molar-refractivity contribution in [2.75, 3.05) is 16.8 Å². The highest BCUT2D eigenvalue weighted by Crippen LogP contribution is 2.68. The SMILES string of the molecule is CC(C)(C#Cc1ccc(-c2ccc(Cl)c3c(N(C(=O)C4CC(NC(=O)C(=O)O)C4)S(C)(=O)=O)nn(CC(F)(F)F)c23)c([C@H](Cc2cc(F)cc(F)c2)NC(=O)Cn2nc(C(F)(F)F)c3c2C(F)(F)[C@@H]2C[C@H]32)n1)S(C)(=O)=O. The number of pyridine rings is 1. The van der Waals surface area contributed by atoms with E-state index in [1.165, 1.54) is 13.8 Å². The molecule has 76 heavy (non-hydrogen) atoms. The number of hydrogen-bond donors (Lipinski definition) is 3. The van der Waals surface area contributed by atoms with Crippen LogP contribution in [-0.2, 0) is 70.6 Å². The zero-order chi connectivity index (χ0) is 56.2. The van der Waals surface area contributed by atoms with Crippen molar-refractivity contribution >= 4 is 71.9 Å². The summed E-state index contributed by atoms with van der Waals surface area (Å²) in [5, 5.41) is 19.7. The lowest BCUT2D eigenvalue weighted by Crippen LogP contribution is -2.52. The van der Waals surface area contributed by atoms with Crippen LogP contribution in [-0.4, -0.2) is 99.7 Å². The summed E-state index contributed by atoms with van der Waals surface area (Å²) in [4.78, 5) is 55.7. The van der Waals surface area contributed by atoms with Crippen molar-refractivity contribution in [3.63, 3.8) is 0 Å². The van der Waals surface area contributed by atoms with E-state index in [1.54, 1.807) is 0 Å². The average Bonchev–Trinajstić information content (AvgIpc) is 3.77. The van der Waals surface area contributed by atoms with Crippen LogP contribution < -0.4 is 14.9 Å². The Morgan fingerprint density at radius 2 is 1.55 bits per heavy atom. The van der Waals surface area contributed by atoms with Gasteiger partial charge in [0.15, 0.2) is 21.3 Å². The number of amides is 3. The topological polar surface area (TPSA) is 233 Å². The molecule has 0 aliphatic heterocycles. The fourth-order valence-electron chi connectivity index (χ4n) is 9.18. The number of sulfonamides is 1. The van der Waals surface area contributed by atoms with E-state index < -0.39 is 178 Å². The van der Waals surface area contributed by atoms with Crippen molar-refractivity contribution < 1.29 is 85.0 Å². The minimum Gasteiger partial charge on any atom is -0.474 e. The molecule has 5 aromatic rings. The summed E-state index contributed by atoms with van der Waals surface area (Å²) in [7, 11) is -8.81. The number of carbonyl (C=O) groups excluding carboxylic acids is 3. The number of hydrogen-bond acceptors (Lipinski definition) is 11. The molecule has 0 spiro atoms. The highest BCUT2D eigenvalue weighted by atomic mass is 35.5. The van der Waals surface area contributed by atoms with Gasteiger partial charge in [-0.2, -0.15) is 49.6 Å². The Morgan fingerprint density at radius 3 is 2.13 bits per heavy atom. The van der Waals surface area contributed by atoms with Gasteiger partial charge < -0.3 is 15.7 Å². The lowest BCUT2D eigenvalue weighted by Gasteiger charge is -2.36. The van der Waals surface area contributed by atoms with Gasteiger partial charge in [-0.15, -0.1) is 0 Å². The van der Waals surface area contributed by atoms with Gasteiger partial charge in [-0.05, 0) is 87.3 Å². The molecule has 2 aromatic carbocycles. The molecule has 8 rings (SSSR count). The Labute approximate surface area is 428 Å². The molecule has 3 aliphatic rings. The van der Waals surface area contributed by atoms with E-state index in [-0.39, 0.29) is 49.8 Å². The van der Waals surface area contributed by atoms with E-state index in [9.17, 15) is 71.1 Å². The van der Waals surface area contributed by atoms with Crippen molar-refractivity contribution in [1.82, 2.24) is 35.2 Å². The van der Waals surface area contributed by atoms with Gasteiger partial charge in [0.05, 0.1) is 33.9 Å². The van der Waals surface area contributed by atoms with Crippen molar-refractivity contribution in [1.29, 1.82) is 0 Å². The van der Waals surface area contributed by atoms with E-state index in [1.807, 2.05) is 0 Å². The molecule has 3 aromatic heterocycles. The van der Waals surface area contributed by atoms with Gasteiger partial charge in [-0.1, -0.05) is 23.6 Å². The Hall–Kier alpha value is -6.80. The quantitative estimate of drug-likeness (QED) is 0.0646. The summed E-state index contributed by atoms with van der Waals surface area (Å²) >= 11 is 6.66. The first-order valence-electron chi connectivity index (χ1n) is 22.3. The number of carboxylic acids is 1. The van der Waals surface area contributed by atoms with Gasteiger partial charge in [0.2, 0.25) is 21.8 Å². The molecule has 3 atom stereocenters. The smallest absolute Gasteiger partial charge is 0.435 e. The number of nitrogens with zero attached hydrogens (tertiary/aromatic N) is 6. The highest BCUT2D eigenvalue weighted by Gasteiger charge is 2.68. The maximum absolute atomic E-state index is 15.6. The van der Waals surface area contributed by atoms with Crippen LogP contribution in [0.1, 0.15) is 79.0 Å². The van der Waals surface area contributed by atoms with E-state index in [0.29, 0.717) is 12.3 Å². The second-order valence-corrected chi connectivity index (χ2v) is 23.8. The van der Waals surface area contributed by atoms with Crippen LogP contribution in [0.5, 0.6) is 0 Å².